The van der Waals surface area contributed by atoms with Gasteiger partial charge in [-0.25, -0.2) is 9.78 Å². The number of carbonyl (C=O) groups excluding carboxylic acids is 1. The minimum absolute atomic E-state index is 0.140. The molecule has 5 heteroatoms. The van der Waals surface area contributed by atoms with Crippen LogP contribution in [-0.4, -0.2) is 20.9 Å². The third-order valence-corrected chi connectivity index (χ3v) is 6.53. The van der Waals surface area contributed by atoms with Crippen molar-refractivity contribution in [1.29, 1.82) is 0 Å². The topological polar surface area (TPSA) is 55.6 Å². The van der Waals surface area contributed by atoms with Crippen LogP contribution in [0.25, 0.3) is 28.0 Å². The second-order valence-corrected chi connectivity index (χ2v) is 11.8. The van der Waals surface area contributed by atoms with E-state index in [1.807, 2.05) is 91.1 Å². The van der Waals surface area contributed by atoms with Gasteiger partial charge in [-0.05, 0) is 73.2 Å². The van der Waals surface area contributed by atoms with Crippen LogP contribution in [0.15, 0.2) is 103 Å². The predicted octanol–water partition coefficient (Wildman–Crippen LogP) is 8.51. The average molecular weight is 518 g/mol. The predicted molar refractivity (Wildman–Crippen MR) is 159 cm³/mol. The number of aromatic nitrogens is 2. The fraction of sp³-hybridized carbons (Fsp3) is 0.235. The van der Waals surface area contributed by atoms with Gasteiger partial charge < -0.3 is 10.1 Å². The molecule has 5 aromatic rings. The van der Waals surface area contributed by atoms with Gasteiger partial charge in [-0.15, -0.1) is 0 Å². The Kier molecular flexibility index (Phi) is 7.00. The van der Waals surface area contributed by atoms with Crippen molar-refractivity contribution in [3.63, 3.8) is 0 Å². The summed E-state index contributed by atoms with van der Waals surface area (Å²) in [5, 5.41) is 3.76. The molecule has 0 saturated carbocycles. The number of fused-ring (bicyclic) bond motifs is 1. The Labute approximate surface area is 230 Å². The van der Waals surface area contributed by atoms with E-state index in [0.717, 1.165) is 40.3 Å². The minimum atomic E-state index is -0.409. The normalized spacial score (nSPS) is 11.9. The van der Waals surface area contributed by atoms with Crippen molar-refractivity contribution in [2.24, 2.45) is 5.41 Å². The maximum atomic E-state index is 13.2. The molecule has 1 N–H and O–H groups in total. The number of ether oxygens (including phenoxy) is 1. The summed E-state index contributed by atoms with van der Waals surface area (Å²) >= 11 is 0. The fourth-order valence-electron chi connectivity index (χ4n) is 5.33. The van der Waals surface area contributed by atoms with E-state index in [0.29, 0.717) is 11.3 Å². The number of nitrogens with zero attached hydrogens (tertiary/aromatic N) is 2. The highest BCUT2D eigenvalue weighted by Gasteiger charge is 2.29. The lowest BCUT2D eigenvalue weighted by Crippen LogP contribution is -2.36. The zero-order chi connectivity index (χ0) is 27.6. The Hall–Kier alpha value is -4.38. The molecule has 0 saturated heterocycles. The van der Waals surface area contributed by atoms with E-state index in [1.165, 1.54) is 0 Å². The van der Waals surface area contributed by atoms with Crippen molar-refractivity contribution in [3.05, 3.63) is 109 Å². The zero-order valence-electron chi connectivity index (χ0n) is 23.2. The molecule has 0 aliphatic carbocycles. The Bertz CT molecular complexity index is 1590. The summed E-state index contributed by atoms with van der Waals surface area (Å²) < 4.78 is 8.03. The first-order chi connectivity index (χ1) is 18.6. The molecule has 5 rings (SSSR count). The molecular weight excluding hydrogens is 482 g/mol. The first-order valence-corrected chi connectivity index (χ1v) is 13.3. The largest absolute Gasteiger partial charge is 0.422 e. The maximum absolute atomic E-state index is 13.2. The lowest BCUT2D eigenvalue weighted by Gasteiger charge is -2.34. The highest BCUT2D eigenvalue weighted by atomic mass is 16.5. The summed E-state index contributed by atoms with van der Waals surface area (Å²) in [6.45, 7) is 11.1. The van der Waals surface area contributed by atoms with Gasteiger partial charge in [-0.3, -0.25) is 4.40 Å². The quantitative estimate of drug-likeness (QED) is 0.174. The second-order valence-electron chi connectivity index (χ2n) is 11.8. The third-order valence-electron chi connectivity index (χ3n) is 6.53. The van der Waals surface area contributed by atoms with Gasteiger partial charge in [0, 0.05) is 17.3 Å². The number of nitrogens with one attached hydrogen (secondary N) is 1. The molecule has 0 spiro atoms. The zero-order valence-corrected chi connectivity index (χ0v) is 23.2. The molecular formula is C34H35N3O2. The van der Waals surface area contributed by atoms with Crippen LogP contribution in [0.1, 0.15) is 51.4 Å². The Morgan fingerprint density at radius 3 is 2.15 bits per heavy atom. The molecule has 3 aromatic carbocycles. The molecule has 2 heterocycles. The van der Waals surface area contributed by atoms with Gasteiger partial charge in [0.1, 0.15) is 22.9 Å². The van der Waals surface area contributed by atoms with Crippen molar-refractivity contribution in [3.8, 4) is 28.1 Å². The molecule has 39 heavy (non-hydrogen) atoms. The van der Waals surface area contributed by atoms with Crippen LogP contribution in [0, 0.1) is 5.41 Å². The standard InChI is InChI=1S/C34H35N3O2/c1-33(2,3)23-34(4,5)36-31-30(35-29-17-11-12-22-37(29)31)27-15-9-10-16-28(27)39-32(38)26-20-18-25(19-21-26)24-13-7-6-8-14-24/h6-22,36H,23H2,1-5H3. The molecule has 198 valence electrons. The van der Waals surface area contributed by atoms with Gasteiger partial charge in [0.25, 0.3) is 0 Å². The summed E-state index contributed by atoms with van der Waals surface area (Å²) in [6.07, 6.45) is 2.96. The van der Waals surface area contributed by atoms with E-state index in [2.05, 4.69) is 44.3 Å². The van der Waals surface area contributed by atoms with Crippen LogP contribution in [0.3, 0.4) is 0 Å². The fourth-order valence-corrected chi connectivity index (χ4v) is 5.33. The third kappa shape index (κ3) is 6.04. The van der Waals surface area contributed by atoms with E-state index in [1.54, 1.807) is 12.1 Å². The molecule has 0 fully saturated rings. The Balaban J connectivity index is 1.48. The molecule has 0 unspecified atom stereocenters. The molecule has 0 bridgehead atoms. The maximum Gasteiger partial charge on any atom is 0.343 e. The lowest BCUT2D eigenvalue weighted by atomic mass is 9.82. The first kappa shape index (κ1) is 26.2. The van der Waals surface area contributed by atoms with E-state index in [4.69, 9.17) is 9.72 Å². The molecule has 0 radical (unpaired) electrons. The van der Waals surface area contributed by atoms with Crippen LogP contribution in [-0.2, 0) is 0 Å². The van der Waals surface area contributed by atoms with Gasteiger partial charge in [0.15, 0.2) is 0 Å². The number of hydrogen-bond donors (Lipinski definition) is 1. The van der Waals surface area contributed by atoms with Crippen LogP contribution in [0.4, 0.5) is 5.82 Å². The molecule has 0 amide bonds. The lowest BCUT2D eigenvalue weighted by molar-refractivity contribution is 0.0735. The number of rotatable bonds is 7. The Morgan fingerprint density at radius 2 is 1.44 bits per heavy atom. The molecule has 0 aliphatic heterocycles. The molecule has 0 atom stereocenters. The van der Waals surface area contributed by atoms with Crippen molar-refractivity contribution >= 4 is 17.4 Å². The van der Waals surface area contributed by atoms with E-state index < -0.39 is 5.97 Å². The smallest absolute Gasteiger partial charge is 0.343 e. The SMILES string of the molecule is CC(C)(C)CC(C)(C)Nc1c(-c2ccccc2OC(=O)c2ccc(-c3ccccc3)cc2)nc2ccccn12. The summed E-state index contributed by atoms with van der Waals surface area (Å²) in [5.41, 5.74) is 4.89. The highest BCUT2D eigenvalue weighted by molar-refractivity contribution is 5.93. The number of pyridine rings is 1. The van der Waals surface area contributed by atoms with Crippen molar-refractivity contribution in [1.82, 2.24) is 9.38 Å². The summed E-state index contributed by atoms with van der Waals surface area (Å²) in [4.78, 5) is 18.2. The summed E-state index contributed by atoms with van der Waals surface area (Å²) in [5.74, 6) is 0.929. The van der Waals surface area contributed by atoms with Crippen LogP contribution < -0.4 is 10.1 Å². The number of hydrogen-bond acceptors (Lipinski definition) is 4. The second kappa shape index (κ2) is 10.4. The minimum Gasteiger partial charge on any atom is -0.422 e. The number of benzene rings is 3. The van der Waals surface area contributed by atoms with Gasteiger partial charge in [0.05, 0.1) is 5.56 Å². The van der Waals surface area contributed by atoms with Gasteiger partial charge in [0.2, 0.25) is 0 Å². The molecule has 2 aromatic heterocycles. The molecule has 5 nitrogen and oxygen atoms in total. The summed E-state index contributed by atoms with van der Waals surface area (Å²) in [6, 6.07) is 31.1. The number of imidazole rings is 1. The van der Waals surface area contributed by atoms with Crippen molar-refractivity contribution in [2.75, 3.05) is 5.32 Å². The van der Waals surface area contributed by atoms with Crippen LogP contribution >= 0.6 is 0 Å². The van der Waals surface area contributed by atoms with Gasteiger partial charge in [-0.2, -0.15) is 0 Å². The first-order valence-electron chi connectivity index (χ1n) is 13.3. The van der Waals surface area contributed by atoms with E-state index >= 15 is 0 Å². The van der Waals surface area contributed by atoms with Crippen molar-refractivity contribution in [2.45, 2.75) is 46.6 Å². The highest BCUT2D eigenvalue weighted by Crippen LogP contribution is 2.38. The number of esters is 1. The molecule has 0 aliphatic rings. The number of anilines is 1. The summed E-state index contributed by atoms with van der Waals surface area (Å²) in [7, 11) is 0. The van der Waals surface area contributed by atoms with Gasteiger partial charge >= 0.3 is 5.97 Å². The average Bonchev–Trinajstić information content (AvgIpc) is 3.25. The van der Waals surface area contributed by atoms with Gasteiger partial charge in [-0.1, -0.05) is 81.4 Å². The van der Waals surface area contributed by atoms with Crippen LogP contribution in [0.5, 0.6) is 5.75 Å². The monoisotopic (exact) mass is 517 g/mol. The van der Waals surface area contributed by atoms with Crippen molar-refractivity contribution < 1.29 is 9.53 Å². The van der Waals surface area contributed by atoms with E-state index in [-0.39, 0.29) is 11.0 Å². The number of para-hydroxylation sites is 1. The number of carbonyl (C=O) groups is 1. The Morgan fingerprint density at radius 1 is 0.795 bits per heavy atom. The van der Waals surface area contributed by atoms with E-state index in [9.17, 15) is 4.79 Å². The van der Waals surface area contributed by atoms with Crippen LogP contribution in [0.2, 0.25) is 0 Å².